The Labute approximate surface area is 113 Å². The van der Waals surface area contributed by atoms with E-state index in [1.54, 1.807) is 6.92 Å². The molecular formula is C15H22O4. The second kappa shape index (κ2) is 6.06. The second-order valence-corrected chi connectivity index (χ2v) is 5.60. The fraction of sp³-hybridized carbons (Fsp3) is 0.533. The van der Waals surface area contributed by atoms with Crippen LogP contribution in [0.4, 0.5) is 0 Å². The first-order chi connectivity index (χ1) is 8.74. The van der Waals surface area contributed by atoms with Gasteiger partial charge in [-0.25, -0.2) is 4.79 Å². The number of carboxylic acids is 1. The lowest BCUT2D eigenvalue weighted by atomic mass is 9.88. The van der Waals surface area contributed by atoms with Crippen molar-refractivity contribution >= 4 is 5.97 Å². The van der Waals surface area contributed by atoms with Crippen molar-refractivity contribution in [2.24, 2.45) is 5.92 Å². The molecule has 1 aromatic carbocycles. The third kappa shape index (κ3) is 4.24. The minimum Gasteiger partial charge on any atom is -0.508 e. The second-order valence-electron chi connectivity index (χ2n) is 5.60. The van der Waals surface area contributed by atoms with Crippen LogP contribution < -0.4 is 0 Å². The van der Waals surface area contributed by atoms with Crippen molar-refractivity contribution in [1.29, 1.82) is 0 Å². The van der Waals surface area contributed by atoms with Gasteiger partial charge in [0.15, 0.2) is 0 Å². The minimum absolute atomic E-state index is 0.0132. The normalized spacial score (nSPS) is 14.4. The molecule has 3 N–H and O–H groups in total. The molecule has 1 atom stereocenters. The summed E-state index contributed by atoms with van der Waals surface area (Å²) in [4.78, 5) is 10.8. The Kier molecular flexibility index (Phi) is 4.95. The van der Waals surface area contributed by atoms with Gasteiger partial charge in [-0.2, -0.15) is 0 Å². The highest BCUT2D eigenvalue weighted by molar-refractivity contribution is 5.88. The minimum atomic E-state index is -1.14. The van der Waals surface area contributed by atoms with Gasteiger partial charge in [0.2, 0.25) is 0 Å². The summed E-state index contributed by atoms with van der Waals surface area (Å²) in [6.45, 7) is 5.88. The fourth-order valence-electron chi connectivity index (χ4n) is 2.11. The quantitative estimate of drug-likeness (QED) is 0.739. The zero-order valence-corrected chi connectivity index (χ0v) is 11.7. The Hall–Kier alpha value is -1.55. The van der Waals surface area contributed by atoms with Gasteiger partial charge in [-0.1, -0.05) is 26.3 Å². The van der Waals surface area contributed by atoms with Crippen molar-refractivity contribution in [3.8, 4) is 5.75 Å². The van der Waals surface area contributed by atoms with Crippen LogP contribution in [0.3, 0.4) is 0 Å². The smallest absolute Gasteiger partial charge is 0.335 e. The lowest BCUT2D eigenvalue weighted by Gasteiger charge is -2.25. The summed E-state index contributed by atoms with van der Waals surface area (Å²) in [5.41, 5.74) is -0.754. The van der Waals surface area contributed by atoms with Gasteiger partial charge in [0, 0.05) is 5.56 Å². The molecule has 4 heteroatoms. The number of hydrogen-bond donors (Lipinski definition) is 3. The summed E-state index contributed by atoms with van der Waals surface area (Å²) in [5.74, 6) is -0.700. The van der Waals surface area contributed by atoms with Crippen LogP contribution in [0.2, 0.25) is 0 Å². The van der Waals surface area contributed by atoms with Crippen molar-refractivity contribution in [1.82, 2.24) is 0 Å². The molecule has 0 unspecified atom stereocenters. The Morgan fingerprint density at radius 2 is 2.00 bits per heavy atom. The van der Waals surface area contributed by atoms with E-state index in [1.165, 1.54) is 18.2 Å². The Morgan fingerprint density at radius 3 is 2.47 bits per heavy atom. The predicted molar refractivity (Wildman–Crippen MR) is 73.3 cm³/mol. The molecule has 0 spiro atoms. The van der Waals surface area contributed by atoms with Crippen molar-refractivity contribution in [3.05, 3.63) is 29.3 Å². The van der Waals surface area contributed by atoms with Crippen LogP contribution in [0, 0.1) is 5.92 Å². The molecule has 0 aliphatic heterocycles. The van der Waals surface area contributed by atoms with Crippen molar-refractivity contribution < 1.29 is 20.1 Å². The molecule has 19 heavy (non-hydrogen) atoms. The number of aromatic hydroxyl groups is 1. The summed E-state index contributed by atoms with van der Waals surface area (Å²) in [7, 11) is 0. The number of phenolic OH excluding ortho intramolecular Hbond substituents is 1. The highest BCUT2D eigenvalue weighted by Crippen LogP contribution is 2.34. The number of aromatic carboxylic acids is 1. The van der Waals surface area contributed by atoms with Crippen LogP contribution >= 0.6 is 0 Å². The van der Waals surface area contributed by atoms with Gasteiger partial charge in [-0.05, 0) is 37.8 Å². The number of rotatable bonds is 6. The van der Waals surface area contributed by atoms with E-state index in [1.807, 2.05) is 0 Å². The van der Waals surface area contributed by atoms with Gasteiger partial charge in [-0.3, -0.25) is 0 Å². The maximum Gasteiger partial charge on any atom is 0.335 e. The summed E-state index contributed by atoms with van der Waals surface area (Å²) < 4.78 is 0. The van der Waals surface area contributed by atoms with E-state index in [4.69, 9.17) is 5.11 Å². The molecular weight excluding hydrogens is 244 g/mol. The zero-order chi connectivity index (χ0) is 14.6. The van der Waals surface area contributed by atoms with Crippen molar-refractivity contribution in [2.75, 3.05) is 0 Å². The predicted octanol–water partition coefficient (Wildman–Crippen LogP) is 3.12. The molecule has 0 amide bonds. The highest BCUT2D eigenvalue weighted by Gasteiger charge is 2.26. The van der Waals surface area contributed by atoms with Gasteiger partial charge in [0.25, 0.3) is 0 Å². The molecule has 0 aliphatic rings. The van der Waals surface area contributed by atoms with Gasteiger partial charge >= 0.3 is 5.97 Å². The van der Waals surface area contributed by atoms with Crippen molar-refractivity contribution in [2.45, 2.75) is 45.6 Å². The molecule has 0 fully saturated rings. The van der Waals surface area contributed by atoms with Crippen LogP contribution in [0.25, 0.3) is 0 Å². The molecule has 1 rings (SSSR count). The fourth-order valence-corrected chi connectivity index (χ4v) is 2.11. The number of hydrogen-bond acceptors (Lipinski definition) is 3. The van der Waals surface area contributed by atoms with E-state index < -0.39 is 11.6 Å². The number of benzene rings is 1. The Morgan fingerprint density at radius 1 is 1.37 bits per heavy atom. The Balaban J connectivity index is 2.85. The summed E-state index contributed by atoms with van der Waals surface area (Å²) >= 11 is 0. The van der Waals surface area contributed by atoms with Gasteiger partial charge < -0.3 is 15.3 Å². The maximum atomic E-state index is 10.8. The van der Waals surface area contributed by atoms with E-state index in [2.05, 4.69) is 13.8 Å². The molecule has 0 bridgehead atoms. The topological polar surface area (TPSA) is 77.8 Å². The van der Waals surface area contributed by atoms with Crippen LogP contribution in [0.1, 0.15) is 56.0 Å². The molecule has 0 aliphatic carbocycles. The number of carbonyl (C=O) groups is 1. The van der Waals surface area contributed by atoms with Crippen molar-refractivity contribution in [3.63, 3.8) is 0 Å². The third-order valence-corrected chi connectivity index (χ3v) is 3.27. The number of phenols is 1. The summed E-state index contributed by atoms with van der Waals surface area (Å²) in [6.07, 6.45) is 2.39. The van der Waals surface area contributed by atoms with Gasteiger partial charge in [0.1, 0.15) is 5.75 Å². The third-order valence-electron chi connectivity index (χ3n) is 3.27. The number of aliphatic hydroxyl groups is 1. The van der Waals surface area contributed by atoms with Crippen LogP contribution in [-0.4, -0.2) is 21.3 Å². The first-order valence-corrected chi connectivity index (χ1v) is 6.53. The van der Waals surface area contributed by atoms with E-state index in [-0.39, 0.29) is 11.3 Å². The largest absolute Gasteiger partial charge is 0.508 e. The summed E-state index contributed by atoms with van der Waals surface area (Å²) in [6, 6.07) is 4.05. The lowest BCUT2D eigenvalue weighted by Crippen LogP contribution is -2.21. The molecule has 4 nitrogen and oxygen atoms in total. The first kappa shape index (κ1) is 15.5. The van der Waals surface area contributed by atoms with E-state index in [0.29, 0.717) is 17.9 Å². The molecule has 0 aromatic heterocycles. The van der Waals surface area contributed by atoms with Crippen LogP contribution in [-0.2, 0) is 5.60 Å². The van der Waals surface area contributed by atoms with E-state index in [0.717, 1.165) is 12.8 Å². The average molecular weight is 266 g/mol. The zero-order valence-electron chi connectivity index (χ0n) is 11.7. The maximum absolute atomic E-state index is 10.8. The van der Waals surface area contributed by atoms with Crippen LogP contribution in [0.15, 0.2) is 18.2 Å². The molecule has 0 radical (unpaired) electrons. The molecule has 0 saturated heterocycles. The van der Waals surface area contributed by atoms with Crippen LogP contribution in [0.5, 0.6) is 5.75 Å². The monoisotopic (exact) mass is 266 g/mol. The molecule has 106 valence electrons. The first-order valence-electron chi connectivity index (χ1n) is 6.53. The molecule has 0 heterocycles. The van der Waals surface area contributed by atoms with Gasteiger partial charge in [-0.15, -0.1) is 0 Å². The molecule has 0 saturated carbocycles. The standard InChI is InChI=1S/C15H22O4/c1-10(2)5-4-8-15(3,19)12-7-6-11(14(17)18)9-13(12)16/h6-7,9-10,16,19H,4-5,8H2,1-3H3,(H,17,18)/t15-/m0/s1. The number of carboxylic acid groups (broad SMARTS) is 1. The average Bonchev–Trinajstić information content (AvgIpc) is 2.27. The summed E-state index contributed by atoms with van der Waals surface area (Å²) in [5, 5.41) is 29.1. The SMILES string of the molecule is CC(C)CCC[C@](C)(O)c1ccc(C(=O)O)cc1O. The van der Waals surface area contributed by atoms with Gasteiger partial charge in [0.05, 0.1) is 11.2 Å². The molecule has 1 aromatic rings. The highest BCUT2D eigenvalue weighted by atomic mass is 16.4. The lowest BCUT2D eigenvalue weighted by molar-refractivity contribution is 0.0416. The van der Waals surface area contributed by atoms with E-state index >= 15 is 0 Å². The Bertz CT molecular complexity index is 449. The van der Waals surface area contributed by atoms with E-state index in [9.17, 15) is 15.0 Å².